The molecule has 1 N–H and O–H groups in total. The van der Waals surface area contributed by atoms with E-state index in [-0.39, 0.29) is 34.0 Å². The maximum absolute atomic E-state index is 13.7. The van der Waals surface area contributed by atoms with E-state index in [1.54, 1.807) is 13.0 Å². The first kappa shape index (κ1) is 20.8. The van der Waals surface area contributed by atoms with Crippen molar-refractivity contribution in [2.75, 3.05) is 5.32 Å². The van der Waals surface area contributed by atoms with Crippen LogP contribution >= 0.6 is 0 Å². The summed E-state index contributed by atoms with van der Waals surface area (Å²) in [6, 6.07) is 5.40. The molecule has 2 aromatic heterocycles. The zero-order valence-corrected chi connectivity index (χ0v) is 16.7. The minimum Gasteiger partial charge on any atom is -0.319 e. The third-order valence-corrected chi connectivity index (χ3v) is 5.12. The number of carbonyl (C=O) groups excluding carboxylic acids is 1. The van der Waals surface area contributed by atoms with Gasteiger partial charge in [0.05, 0.1) is 21.6 Å². The molecule has 4 rings (SSSR count). The van der Waals surface area contributed by atoms with Crippen molar-refractivity contribution in [1.29, 1.82) is 0 Å². The monoisotopic (exact) mass is 433 g/mol. The quantitative estimate of drug-likeness (QED) is 0.472. The molecule has 1 aromatic carbocycles. The summed E-state index contributed by atoms with van der Waals surface area (Å²) in [5, 5.41) is 17.6. The van der Waals surface area contributed by atoms with E-state index in [2.05, 4.69) is 15.4 Å². The number of hydrogen-bond acceptors (Lipinski definition) is 5. The fourth-order valence-corrected chi connectivity index (χ4v) is 3.52. The number of carbonyl (C=O) groups is 1. The van der Waals surface area contributed by atoms with Gasteiger partial charge in [-0.25, -0.2) is 9.67 Å². The highest BCUT2D eigenvalue weighted by Gasteiger charge is 2.37. The SMILES string of the molecule is Cc1ccc(NC(=O)Cn2nc(C)c3c(C(F)(F)F)cc(C4CC4)nc32)c([N+](=O)[O-])c1. The number of hydrogen-bond donors (Lipinski definition) is 1. The molecule has 0 atom stereocenters. The van der Waals surface area contributed by atoms with Crippen LogP contribution < -0.4 is 5.32 Å². The average Bonchev–Trinajstić information content (AvgIpc) is 3.48. The molecule has 1 saturated carbocycles. The first-order valence-corrected chi connectivity index (χ1v) is 9.54. The molecule has 0 aliphatic heterocycles. The standard InChI is InChI=1S/C20H18F3N5O3/c1-10-3-6-14(16(7-10)28(30)31)24-17(29)9-27-19-18(11(2)26-27)13(20(21,22)23)8-15(25-19)12-4-5-12/h3,6-8,12H,4-5,9H2,1-2H3,(H,24,29). The molecule has 0 unspecified atom stereocenters. The zero-order chi connectivity index (χ0) is 22.5. The van der Waals surface area contributed by atoms with E-state index in [0.717, 1.165) is 23.6 Å². The largest absolute Gasteiger partial charge is 0.417 e. The Hall–Kier alpha value is -3.50. The van der Waals surface area contributed by atoms with Crippen LogP contribution in [0.5, 0.6) is 0 Å². The van der Waals surface area contributed by atoms with Gasteiger partial charge in [-0.3, -0.25) is 14.9 Å². The molecule has 2 heterocycles. The highest BCUT2D eigenvalue weighted by molar-refractivity contribution is 5.94. The lowest BCUT2D eigenvalue weighted by molar-refractivity contribution is -0.384. The Labute approximate surface area is 174 Å². The summed E-state index contributed by atoms with van der Waals surface area (Å²) in [7, 11) is 0. The Morgan fingerprint density at radius 1 is 1.29 bits per heavy atom. The third-order valence-electron chi connectivity index (χ3n) is 5.12. The van der Waals surface area contributed by atoms with Crippen LogP contribution in [0.15, 0.2) is 24.3 Å². The molecular weight excluding hydrogens is 415 g/mol. The van der Waals surface area contributed by atoms with Gasteiger partial charge in [-0.1, -0.05) is 6.07 Å². The van der Waals surface area contributed by atoms with Gasteiger partial charge >= 0.3 is 6.18 Å². The Morgan fingerprint density at radius 2 is 2.00 bits per heavy atom. The number of anilines is 1. The van der Waals surface area contributed by atoms with Gasteiger partial charge in [0.2, 0.25) is 5.91 Å². The van der Waals surface area contributed by atoms with Gasteiger partial charge in [-0.2, -0.15) is 18.3 Å². The smallest absolute Gasteiger partial charge is 0.319 e. The van der Waals surface area contributed by atoms with Gasteiger partial charge in [0.25, 0.3) is 5.69 Å². The molecule has 1 amide bonds. The molecular formula is C20H18F3N5O3. The van der Waals surface area contributed by atoms with Crippen LogP contribution in [0.3, 0.4) is 0 Å². The van der Waals surface area contributed by atoms with Crippen LogP contribution in [0.1, 0.15) is 41.3 Å². The summed E-state index contributed by atoms with van der Waals surface area (Å²) in [4.78, 5) is 27.6. The Kier molecular flexibility index (Phi) is 4.91. The summed E-state index contributed by atoms with van der Waals surface area (Å²) in [5.74, 6) is -0.693. The second-order valence-electron chi connectivity index (χ2n) is 7.63. The number of rotatable bonds is 5. The number of alkyl halides is 3. The van der Waals surface area contributed by atoms with E-state index in [9.17, 15) is 28.1 Å². The lowest BCUT2D eigenvalue weighted by Gasteiger charge is -2.11. The summed E-state index contributed by atoms with van der Waals surface area (Å²) < 4.78 is 42.1. The van der Waals surface area contributed by atoms with Crippen molar-refractivity contribution in [3.8, 4) is 0 Å². The highest BCUT2D eigenvalue weighted by Crippen LogP contribution is 2.43. The van der Waals surface area contributed by atoms with E-state index in [1.165, 1.54) is 19.1 Å². The number of fused-ring (bicyclic) bond motifs is 1. The number of aryl methyl sites for hydroxylation is 2. The molecule has 1 aliphatic carbocycles. The number of amides is 1. The molecule has 0 radical (unpaired) electrons. The summed E-state index contributed by atoms with van der Waals surface area (Å²) in [6.07, 6.45) is -3.06. The van der Waals surface area contributed by atoms with E-state index in [4.69, 9.17) is 0 Å². The van der Waals surface area contributed by atoms with Crippen molar-refractivity contribution in [3.05, 3.63) is 56.9 Å². The van der Waals surface area contributed by atoms with Crippen molar-refractivity contribution in [2.24, 2.45) is 0 Å². The van der Waals surface area contributed by atoms with E-state index >= 15 is 0 Å². The number of nitro groups is 1. The molecule has 1 aliphatic rings. The number of nitro benzene ring substituents is 1. The van der Waals surface area contributed by atoms with Gasteiger partial charge in [-0.15, -0.1) is 0 Å². The number of nitrogens with zero attached hydrogens (tertiary/aromatic N) is 4. The topological polar surface area (TPSA) is 103 Å². The molecule has 3 aromatic rings. The number of benzene rings is 1. The molecule has 162 valence electrons. The summed E-state index contributed by atoms with van der Waals surface area (Å²) >= 11 is 0. The number of aromatic nitrogens is 3. The van der Waals surface area contributed by atoms with Gasteiger partial charge in [0.15, 0.2) is 5.65 Å². The lowest BCUT2D eigenvalue weighted by Crippen LogP contribution is -2.20. The number of halogens is 3. The molecule has 1 fully saturated rings. The molecule has 11 heteroatoms. The number of pyridine rings is 1. The van der Waals surface area contributed by atoms with Crippen LogP contribution in [-0.4, -0.2) is 25.6 Å². The van der Waals surface area contributed by atoms with E-state index in [1.807, 2.05) is 0 Å². The van der Waals surface area contributed by atoms with Crippen LogP contribution in [0.25, 0.3) is 11.0 Å². The number of nitrogens with one attached hydrogen (secondary N) is 1. The highest BCUT2D eigenvalue weighted by atomic mass is 19.4. The molecule has 0 saturated heterocycles. The summed E-state index contributed by atoms with van der Waals surface area (Å²) in [5.41, 5.74) is -0.0445. The van der Waals surface area contributed by atoms with Gasteiger partial charge < -0.3 is 5.32 Å². The van der Waals surface area contributed by atoms with E-state index < -0.39 is 29.1 Å². The Morgan fingerprint density at radius 3 is 2.61 bits per heavy atom. The van der Waals surface area contributed by atoms with Crippen LogP contribution in [0, 0.1) is 24.0 Å². The molecule has 8 nitrogen and oxygen atoms in total. The summed E-state index contributed by atoms with van der Waals surface area (Å²) in [6.45, 7) is 2.67. The first-order chi connectivity index (χ1) is 14.5. The van der Waals surface area contributed by atoms with Crippen LogP contribution in [-0.2, 0) is 17.5 Å². The Balaban J connectivity index is 1.70. The average molecular weight is 433 g/mol. The fourth-order valence-electron chi connectivity index (χ4n) is 3.52. The minimum absolute atomic E-state index is 0.00334. The predicted octanol–water partition coefficient (Wildman–Crippen LogP) is 4.49. The van der Waals surface area contributed by atoms with Crippen molar-refractivity contribution in [3.63, 3.8) is 0 Å². The minimum atomic E-state index is -4.59. The second kappa shape index (κ2) is 7.33. The van der Waals surface area contributed by atoms with Crippen molar-refractivity contribution in [1.82, 2.24) is 14.8 Å². The van der Waals surface area contributed by atoms with Crippen molar-refractivity contribution >= 4 is 28.3 Å². The van der Waals surface area contributed by atoms with Gasteiger partial charge in [0.1, 0.15) is 12.2 Å². The normalized spacial score (nSPS) is 14.1. The second-order valence-corrected chi connectivity index (χ2v) is 7.63. The van der Waals surface area contributed by atoms with Crippen LogP contribution in [0.2, 0.25) is 0 Å². The third kappa shape index (κ3) is 4.07. The van der Waals surface area contributed by atoms with Gasteiger partial charge in [-0.05, 0) is 44.4 Å². The van der Waals surface area contributed by atoms with E-state index in [0.29, 0.717) is 11.3 Å². The zero-order valence-electron chi connectivity index (χ0n) is 16.7. The Bertz CT molecular complexity index is 1210. The van der Waals surface area contributed by atoms with Crippen LogP contribution in [0.4, 0.5) is 24.5 Å². The fraction of sp³-hybridized carbons (Fsp3) is 0.350. The molecule has 0 bridgehead atoms. The van der Waals surface area contributed by atoms with Crippen molar-refractivity contribution < 1.29 is 22.9 Å². The predicted molar refractivity (Wildman–Crippen MR) is 106 cm³/mol. The molecule has 0 spiro atoms. The lowest BCUT2D eigenvalue weighted by atomic mass is 10.1. The maximum Gasteiger partial charge on any atom is 0.417 e. The van der Waals surface area contributed by atoms with Crippen molar-refractivity contribution in [2.45, 2.75) is 45.3 Å². The maximum atomic E-state index is 13.7. The van der Waals surface area contributed by atoms with Gasteiger partial charge in [0, 0.05) is 17.7 Å². The first-order valence-electron chi connectivity index (χ1n) is 9.54. The molecule has 31 heavy (non-hydrogen) atoms.